The van der Waals surface area contributed by atoms with Gasteiger partial charge in [-0.2, -0.15) is 0 Å². The van der Waals surface area contributed by atoms with Gasteiger partial charge in [0, 0.05) is 0 Å². The molecule has 1 aliphatic rings. The molecule has 4 N–H and O–H groups in total. The third-order valence-corrected chi connectivity index (χ3v) is 3.27. The smallest absolute Gasteiger partial charge is 0.358 e. The summed E-state index contributed by atoms with van der Waals surface area (Å²) in [6.45, 7) is 1.76. The van der Waals surface area contributed by atoms with Gasteiger partial charge in [-0.3, -0.25) is 0 Å². The molecule has 2 heterocycles. The van der Waals surface area contributed by atoms with E-state index in [4.69, 9.17) is 9.84 Å². The van der Waals surface area contributed by atoms with Crippen LogP contribution in [0.5, 0.6) is 0 Å². The van der Waals surface area contributed by atoms with Crippen LogP contribution in [0.2, 0.25) is 0 Å². The molecule has 1 aliphatic heterocycles. The van der Waals surface area contributed by atoms with E-state index < -0.39 is 30.3 Å². The number of aliphatic hydroxyl groups is 3. The summed E-state index contributed by atoms with van der Waals surface area (Å²) < 4.78 is 6.17. The number of carbonyl (C=O) groups excluding carboxylic acids is 1. The molecule has 4 atom stereocenters. The first-order chi connectivity index (χ1) is 9.58. The second-order valence-electron chi connectivity index (χ2n) is 4.57. The minimum absolute atomic E-state index is 0.128. The van der Waals surface area contributed by atoms with Gasteiger partial charge in [-0.25, -0.2) is 9.48 Å². The molecule has 1 fully saturated rings. The standard InChI is InChI=1S/C11H18N4O5/c1-2-20-11(19)8-3-12-14-15(8)4-6-9(17)10(18)7(5-16)13-6/h3,6-7,9-10,13,16-18H,2,4-5H2,1H3/t6-,7-,9-,10-/m1/s1. The van der Waals surface area contributed by atoms with Crippen LogP contribution in [0.1, 0.15) is 17.4 Å². The quantitative estimate of drug-likeness (QED) is 0.437. The van der Waals surface area contributed by atoms with Crippen LogP contribution in [0, 0.1) is 0 Å². The Hall–Kier alpha value is -1.55. The molecule has 0 unspecified atom stereocenters. The van der Waals surface area contributed by atoms with E-state index in [-0.39, 0.29) is 25.5 Å². The molecule has 20 heavy (non-hydrogen) atoms. The van der Waals surface area contributed by atoms with Crippen LogP contribution < -0.4 is 5.32 Å². The zero-order chi connectivity index (χ0) is 14.7. The van der Waals surface area contributed by atoms with Gasteiger partial charge in [0.2, 0.25) is 0 Å². The summed E-state index contributed by atoms with van der Waals surface area (Å²) in [5.74, 6) is -0.552. The second kappa shape index (κ2) is 6.27. The number of aromatic nitrogens is 3. The lowest BCUT2D eigenvalue weighted by molar-refractivity contribution is 0.0173. The van der Waals surface area contributed by atoms with E-state index in [1.807, 2.05) is 0 Å². The van der Waals surface area contributed by atoms with Crippen LogP contribution in [0.4, 0.5) is 0 Å². The lowest BCUT2D eigenvalue weighted by Crippen LogP contribution is -2.39. The number of rotatable bonds is 5. The van der Waals surface area contributed by atoms with Gasteiger partial charge in [-0.05, 0) is 6.92 Å². The molecule has 0 radical (unpaired) electrons. The average Bonchev–Trinajstić information content (AvgIpc) is 2.99. The lowest BCUT2D eigenvalue weighted by atomic mass is 10.1. The Kier molecular flexibility index (Phi) is 4.65. The van der Waals surface area contributed by atoms with Crippen LogP contribution in [0.3, 0.4) is 0 Å². The van der Waals surface area contributed by atoms with Crippen molar-refractivity contribution in [3.8, 4) is 0 Å². The van der Waals surface area contributed by atoms with Gasteiger partial charge in [0.25, 0.3) is 0 Å². The maximum atomic E-state index is 11.7. The molecule has 1 aromatic rings. The highest BCUT2D eigenvalue weighted by atomic mass is 16.5. The van der Waals surface area contributed by atoms with E-state index in [1.165, 1.54) is 10.9 Å². The van der Waals surface area contributed by atoms with Crippen LogP contribution in [0.25, 0.3) is 0 Å². The molecule has 0 aliphatic carbocycles. The molecule has 0 saturated carbocycles. The molecule has 2 rings (SSSR count). The largest absolute Gasteiger partial charge is 0.461 e. The van der Waals surface area contributed by atoms with E-state index in [0.717, 1.165) is 0 Å². The van der Waals surface area contributed by atoms with Crippen molar-refractivity contribution in [1.82, 2.24) is 20.3 Å². The molecule has 1 saturated heterocycles. The average molecular weight is 286 g/mol. The zero-order valence-corrected chi connectivity index (χ0v) is 11.0. The minimum atomic E-state index is -1.07. The van der Waals surface area contributed by atoms with Gasteiger partial charge < -0.3 is 25.4 Å². The Bertz CT molecular complexity index is 465. The maximum absolute atomic E-state index is 11.7. The summed E-state index contributed by atoms with van der Waals surface area (Å²) >= 11 is 0. The van der Waals surface area contributed by atoms with Crippen molar-refractivity contribution in [2.75, 3.05) is 13.2 Å². The summed E-state index contributed by atoms with van der Waals surface area (Å²) in [5.41, 5.74) is 0.169. The van der Waals surface area contributed by atoms with Crippen LogP contribution in [0.15, 0.2) is 6.20 Å². The van der Waals surface area contributed by atoms with Gasteiger partial charge in [0.1, 0.15) is 0 Å². The van der Waals surface area contributed by atoms with Gasteiger partial charge in [-0.1, -0.05) is 5.21 Å². The van der Waals surface area contributed by atoms with Crippen LogP contribution in [-0.2, 0) is 11.3 Å². The number of aliphatic hydroxyl groups excluding tert-OH is 3. The highest BCUT2D eigenvalue weighted by molar-refractivity contribution is 5.87. The van der Waals surface area contributed by atoms with Crippen molar-refractivity contribution in [2.24, 2.45) is 0 Å². The Morgan fingerprint density at radius 3 is 2.75 bits per heavy atom. The molecule has 1 aromatic heterocycles. The number of carbonyl (C=O) groups is 1. The molecular formula is C11H18N4O5. The van der Waals surface area contributed by atoms with Crippen molar-refractivity contribution in [2.45, 2.75) is 37.8 Å². The zero-order valence-electron chi connectivity index (χ0n) is 11.0. The third-order valence-electron chi connectivity index (χ3n) is 3.27. The Morgan fingerprint density at radius 2 is 2.15 bits per heavy atom. The number of esters is 1. The number of hydrogen-bond acceptors (Lipinski definition) is 8. The number of nitrogens with one attached hydrogen (secondary N) is 1. The molecule has 0 bridgehead atoms. The van der Waals surface area contributed by atoms with Crippen LogP contribution >= 0.6 is 0 Å². The molecule has 9 heteroatoms. The van der Waals surface area contributed by atoms with Crippen LogP contribution in [-0.4, -0.2) is 73.8 Å². The minimum Gasteiger partial charge on any atom is -0.461 e. The Labute approximate surface area is 115 Å². The predicted octanol–water partition coefficient (Wildman–Crippen LogP) is -2.49. The van der Waals surface area contributed by atoms with Gasteiger partial charge in [0.15, 0.2) is 5.69 Å². The van der Waals surface area contributed by atoms with Crippen molar-refractivity contribution in [3.05, 3.63) is 11.9 Å². The molecule has 112 valence electrons. The first-order valence-electron chi connectivity index (χ1n) is 6.37. The van der Waals surface area contributed by atoms with Crippen molar-refractivity contribution < 1.29 is 24.9 Å². The molecule has 0 spiro atoms. The SMILES string of the molecule is CCOC(=O)c1cnnn1C[C@H]1N[C@H](CO)[C@@H](O)[C@@H]1O. The summed E-state index contributed by atoms with van der Waals surface area (Å²) in [7, 11) is 0. The normalized spacial score (nSPS) is 29.6. The third kappa shape index (κ3) is 2.80. The van der Waals surface area contributed by atoms with E-state index in [9.17, 15) is 15.0 Å². The Morgan fingerprint density at radius 1 is 1.45 bits per heavy atom. The van der Waals surface area contributed by atoms with Crippen molar-refractivity contribution in [1.29, 1.82) is 0 Å². The Balaban J connectivity index is 2.08. The molecule has 0 aromatic carbocycles. The predicted molar refractivity (Wildman–Crippen MR) is 65.8 cm³/mol. The summed E-state index contributed by atoms with van der Waals surface area (Å²) in [6.07, 6.45) is -0.856. The van der Waals surface area contributed by atoms with E-state index in [0.29, 0.717) is 0 Å². The van der Waals surface area contributed by atoms with Crippen molar-refractivity contribution in [3.63, 3.8) is 0 Å². The number of hydrogen-bond donors (Lipinski definition) is 4. The lowest BCUT2D eigenvalue weighted by Gasteiger charge is -2.16. The fraction of sp³-hybridized carbons (Fsp3) is 0.727. The van der Waals surface area contributed by atoms with E-state index >= 15 is 0 Å². The fourth-order valence-corrected chi connectivity index (χ4v) is 2.21. The first kappa shape index (κ1) is 14.9. The molecule has 0 amide bonds. The summed E-state index contributed by atoms with van der Waals surface area (Å²) in [5, 5.41) is 39.0. The second-order valence-corrected chi connectivity index (χ2v) is 4.57. The molecular weight excluding hydrogens is 268 g/mol. The summed E-state index contributed by atoms with van der Waals surface area (Å²) in [6, 6.07) is -1.15. The van der Waals surface area contributed by atoms with Gasteiger partial charge in [-0.15, -0.1) is 5.10 Å². The van der Waals surface area contributed by atoms with E-state index in [2.05, 4.69) is 15.6 Å². The summed E-state index contributed by atoms with van der Waals surface area (Å²) in [4.78, 5) is 11.7. The van der Waals surface area contributed by atoms with Gasteiger partial charge >= 0.3 is 5.97 Å². The van der Waals surface area contributed by atoms with Crippen molar-refractivity contribution >= 4 is 5.97 Å². The molecule has 9 nitrogen and oxygen atoms in total. The number of ether oxygens (including phenoxy) is 1. The fourth-order valence-electron chi connectivity index (χ4n) is 2.21. The maximum Gasteiger partial charge on any atom is 0.358 e. The van der Waals surface area contributed by atoms with Gasteiger partial charge in [0.05, 0.1) is 50.2 Å². The monoisotopic (exact) mass is 286 g/mol. The number of nitrogens with zero attached hydrogens (tertiary/aromatic N) is 3. The first-order valence-corrected chi connectivity index (χ1v) is 6.37. The highest BCUT2D eigenvalue weighted by Crippen LogP contribution is 2.16. The topological polar surface area (TPSA) is 130 Å². The highest BCUT2D eigenvalue weighted by Gasteiger charge is 2.41. The van der Waals surface area contributed by atoms with E-state index in [1.54, 1.807) is 6.92 Å².